The zero-order valence-electron chi connectivity index (χ0n) is 6.33. The van der Waals surface area contributed by atoms with Crippen molar-refractivity contribution in [2.75, 3.05) is 17.3 Å². The van der Waals surface area contributed by atoms with Gasteiger partial charge in [-0.3, -0.25) is 0 Å². The van der Waals surface area contributed by atoms with Gasteiger partial charge in [0.05, 0.1) is 11.9 Å². The number of anilines is 2. The summed E-state index contributed by atoms with van der Waals surface area (Å²) in [6.07, 6.45) is 1.61. The van der Waals surface area contributed by atoms with Gasteiger partial charge in [-0.05, 0) is 13.0 Å². The molecule has 0 aliphatic carbocycles. The van der Waals surface area contributed by atoms with Gasteiger partial charge in [0.25, 0.3) is 0 Å². The predicted octanol–water partition coefficient (Wildman–Crippen LogP) is 0.194. The third kappa shape index (κ3) is 1.78. The summed E-state index contributed by atoms with van der Waals surface area (Å²) in [5.41, 5.74) is 3.31. The van der Waals surface area contributed by atoms with Crippen LogP contribution in [-0.4, -0.2) is 16.7 Å². The lowest BCUT2D eigenvalue weighted by Gasteiger charge is -2.06. The average molecular weight is 153 g/mol. The third-order valence-electron chi connectivity index (χ3n) is 1.22. The first-order valence-corrected chi connectivity index (χ1v) is 3.40. The number of nitrogen functional groups attached to an aromatic ring is 1. The standard InChI is InChI=1S/C6H11N5/c1-2-8-5-3-4-9-11-6(5)10-7/h3-4H,2,7H2,1H3,(H,8,9)(H,10,11). The topological polar surface area (TPSA) is 75.9 Å². The van der Waals surface area contributed by atoms with Crippen molar-refractivity contribution < 1.29 is 0 Å². The highest BCUT2D eigenvalue weighted by molar-refractivity contribution is 5.62. The van der Waals surface area contributed by atoms with Crippen LogP contribution in [-0.2, 0) is 0 Å². The summed E-state index contributed by atoms with van der Waals surface area (Å²) in [5, 5.41) is 10.5. The van der Waals surface area contributed by atoms with E-state index in [0.29, 0.717) is 5.82 Å². The fraction of sp³-hybridized carbons (Fsp3) is 0.333. The predicted molar refractivity (Wildman–Crippen MR) is 44.0 cm³/mol. The van der Waals surface area contributed by atoms with Crippen LogP contribution < -0.4 is 16.6 Å². The normalized spacial score (nSPS) is 9.27. The first-order valence-electron chi connectivity index (χ1n) is 3.40. The van der Waals surface area contributed by atoms with Crippen molar-refractivity contribution in [1.29, 1.82) is 0 Å². The van der Waals surface area contributed by atoms with E-state index in [4.69, 9.17) is 5.84 Å². The number of aromatic nitrogens is 2. The van der Waals surface area contributed by atoms with Gasteiger partial charge in [-0.1, -0.05) is 0 Å². The number of nitrogens with zero attached hydrogens (tertiary/aromatic N) is 2. The van der Waals surface area contributed by atoms with Gasteiger partial charge in [0.2, 0.25) is 0 Å². The van der Waals surface area contributed by atoms with Crippen molar-refractivity contribution >= 4 is 11.5 Å². The summed E-state index contributed by atoms with van der Waals surface area (Å²) in [5.74, 6) is 5.75. The monoisotopic (exact) mass is 153 g/mol. The van der Waals surface area contributed by atoms with Crippen molar-refractivity contribution in [3.63, 3.8) is 0 Å². The number of hydrazine groups is 1. The molecule has 60 valence electrons. The largest absolute Gasteiger partial charge is 0.382 e. The average Bonchev–Trinajstić information content (AvgIpc) is 2.06. The van der Waals surface area contributed by atoms with E-state index in [-0.39, 0.29) is 0 Å². The van der Waals surface area contributed by atoms with Gasteiger partial charge in [0, 0.05) is 6.54 Å². The van der Waals surface area contributed by atoms with Crippen LogP contribution in [0, 0.1) is 0 Å². The molecule has 0 unspecified atom stereocenters. The molecule has 0 amide bonds. The van der Waals surface area contributed by atoms with Crippen LogP contribution in [0.15, 0.2) is 12.3 Å². The Kier molecular flexibility index (Phi) is 2.62. The number of rotatable bonds is 3. The molecule has 0 atom stereocenters. The Morgan fingerprint density at radius 1 is 1.64 bits per heavy atom. The van der Waals surface area contributed by atoms with Crippen molar-refractivity contribution in [3.8, 4) is 0 Å². The van der Waals surface area contributed by atoms with E-state index < -0.39 is 0 Å². The molecule has 1 aromatic rings. The minimum Gasteiger partial charge on any atom is -0.382 e. The van der Waals surface area contributed by atoms with Gasteiger partial charge >= 0.3 is 0 Å². The molecule has 0 aliphatic rings. The minimum absolute atomic E-state index is 0.564. The Bertz CT molecular complexity index is 224. The Hall–Kier alpha value is -1.36. The van der Waals surface area contributed by atoms with E-state index >= 15 is 0 Å². The highest BCUT2D eigenvalue weighted by Gasteiger charge is 1.98. The molecule has 11 heavy (non-hydrogen) atoms. The molecule has 1 aromatic heterocycles. The van der Waals surface area contributed by atoms with E-state index in [9.17, 15) is 0 Å². The first-order chi connectivity index (χ1) is 5.38. The molecular formula is C6H11N5. The number of hydrogen-bond acceptors (Lipinski definition) is 5. The van der Waals surface area contributed by atoms with E-state index in [1.165, 1.54) is 0 Å². The van der Waals surface area contributed by atoms with E-state index in [2.05, 4.69) is 20.9 Å². The van der Waals surface area contributed by atoms with Crippen LogP contribution in [0.1, 0.15) is 6.92 Å². The molecule has 0 bridgehead atoms. The van der Waals surface area contributed by atoms with Crippen LogP contribution >= 0.6 is 0 Å². The highest BCUT2D eigenvalue weighted by atomic mass is 15.3. The summed E-state index contributed by atoms with van der Waals surface area (Å²) < 4.78 is 0. The molecule has 5 nitrogen and oxygen atoms in total. The minimum atomic E-state index is 0.564. The molecule has 0 fully saturated rings. The van der Waals surface area contributed by atoms with E-state index in [1.807, 2.05) is 13.0 Å². The molecule has 0 saturated carbocycles. The summed E-state index contributed by atoms with van der Waals surface area (Å²) >= 11 is 0. The van der Waals surface area contributed by atoms with Crippen LogP contribution in [0.2, 0.25) is 0 Å². The second kappa shape index (κ2) is 3.72. The molecule has 0 aromatic carbocycles. The van der Waals surface area contributed by atoms with Crippen LogP contribution in [0.3, 0.4) is 0 Å². The van der Waals surface area contributed by atoms with Gasteiger partial charge < -0.3 is 10.7 Å². The van der Waals surface area contributed by atoms with Crippen molar-refractivity contribution in [1.82, 2.24) is 10.2 Å². The van der Waals surface area contributed by atoms with Gasteiger partial charge in [-0.15, -0.1) is 5.10 Å². The summed E-state index contributed by atoms with van der Waals surface area (Å²) in [6, 6.07) is 1.81. The van der Waals surface area contributed by atoms with Gasteiger partial charge in [-0.2, -0.15) is 5.10 Å². The maximum atomic E-state index is 5.19. The molecule has 0 saturated heterocycles. The molecule has 0 spiro atoms. The second-order valence-corrected chi connectivity index (χ2v) is 1.97. The van der Waals surface area contributed by atoms with Crippen molar-refractivity contribution in [3.05, 3.63) is 12.3 Å². The maximum absolute atomic E-state index is 5.19. The Morgan fingerprint density at radius 3 is 3.09 bits per heavy atom. The smallest absolute Gasteiger partial charge is 0.186 e. The van der Waals surface area contributed by atoms with Crippen molar-refractivity contribution in [2.45, 2.75) is 6.92 Å². The maximum Gasteiger partial charge on any atom is 0.186 e. The first kappa shape index (κ1) is 7.74. The number of nitrogens with one attached hydrogen (secondary N) is 2. The lowest BCUT2D eigenvalue weighted by molar-refractivity contribution is 1.01. The summed E-state index contributed by atoms with van der Waals surface area (Å²) in [7, 11) is 0. The SMILES string of the molecule is CCNc1ccnnc1NN. The second-order valence-electron chi connectivity index (χ2n) is 1.97. The van der Waals surface area contributed by atoms with E-state index in [1.54, 1.807) is 6.20 Å². The molecule has 1 heterocycles. The summed E-state index contributed by atoms with van der Waals surface area (Å²) in [6.45, 7) is 2.83. The van der Waals surface area contributed by atoms with Crippen molar-refractivity contribution in [2.24, 2.45) is 5.84 Å². The number of hydrogen-bond donors (Lipinski definition) is 3. The number of nitrogens with two attached hydrogens (primary N) is 1. The van der Waals surface area contributed by atoms with Gasteiger partial charge in [0.15, 0.2) is 5.82 Å². The van der Waals surface area contributed by atoms with Crippen LogP contribution in [0.25, 0.3) is 0 Å². The third-order valence-corrected chi connectivity index (χ3v) is 1.22. The molecule has 0 aliphatic heterocycles. The Balaban J connectivity index is 2.83. The quantitative estimate of drug-likeness (QED) is 0.427. The zero-order valence-corrected chi connectivity index (χ0v) is 6.33. The fourth-order valence-corrected chi connectivity index (χ4v) is 0.771. The lowest BCUT2D eigenvalue weighted by Crippen LogP contribution is -2.12. The van der Waals surface area contributed by atoms with Gasteiger partial charge in [-0.25, -0.2) is 5.84 Å². The molecule has 1 rings (SSSR count). The fourth-order valence-electron chi connectivity index (χ4n) is 0.771. The highest BCUT2D eigenvalue weighted by Crippen LogP contribution is 2.13. The molecular weight excluding hydrogens is 142 g/mol. The van der Waals surface area contributed by atoms with Crippen LogP contribution in [0.5, 0.6) is 0 Å². The Morgan fingerprint density at radius 2 is 2.45 bits per heavy atom. The zero-order chi connectivity index (χ0) is 8.10. The Labute approximate surface area is 65.0 Å². The molecule has 5 heteroatoms. The lowest BCUT2D eigenvalue weighted by atomic mass is 10.4. The summed E-state index contributed by atoms with van der Waals surface area (Å²) in [4.78, 5) is 0. The van der Waals surface area contributed by atoms with Crippen LogP contribution in [0.4, 0.5) is 11.5 Å². The molecule has 0 radical (unpaired) electrons. The van der Waals surface area contributed by atoms with Gasteiger partial charge in [0.1, 0.15) is 0 Å². The molecule has 4 N–H and O–H groups in total. The van der Waals surface area contributed by atoms with E-state index in [0.717, 1.165) is 12.2 Å².